The summed E-state index contributed by atoms with van der Waals surface area (Å²) in [5.41, 5.74) is 0.535. The Morgan fingerprint density at radius 1 is 0.722 bits per heavy atom. The maximum Gasteiger partial charge on any atom is 0.0970 e. The molecule has 0 atom stereocenters. The largest absolute Gasteiger partial charge is 0.149 e. The van der Waals surface area contributed by atoms with E-state index in [4.69, 9.17) is 0 Å². The predicted molar refractivity (Wildman–Crippen MR) is 82.3 cm³/mol. The summed E-state index contributed by atoms with van der Waals surface area (Å²) in [5, 5.41) is 5.78. The molecule has 0 bridgehead atoms. The summed E-state index contributed by atoms with van der Waals surface area (Å²) in [7, 11) is 0.805. The van der Waals surface area contributed by atoms with Crippen molar-refractivity contribution in [1.82, 2.24) is 0 Å². The van der Waals surface area contributed by atoms with Crippen LogP contribution in [0.3, 0.4) is 0 Å². The number of hydrogen-bond acceptors (Lipinski definition) is 2. The molecule has 0 aliphatic heterocycles. The Hall–Kier alpha value is -1.16. The van der Waals surface area contributed by atoms with Crippen molar-refractivity contribution in [1.29, 1.82) is 0 Å². The number of benzene rings is 1. The van der Waals surface area contributed by atoms with Gasteiger partial charge < -0.3 is 0 Å². The van der Waals surface area contributed by atoms with Crippen molar-refractivity contribution in [3.05, 3.63) is 75.1 Å². The van der Waals surface area contributed by atoms with E-state index >= 15 is 0 Å². The van der Waals surface area contributed by atoms with Gasteiger partial charge in [-0.05, 0) is 22.9 Å². The van der Waals surface area contributed by atoms with Gasteiger partial charge in [-0.1, -0.05) is 47.7 Å². The molecule has 1 aromatic carbocycles. The highest BCUT2D eigenvalue weighted by Gasteiger charge is 2.17. The molecule has 3 heteroatoms. The molecule has 0 fully saturated rings. The fourth-order valence-electron chi connectivity index (χ4n) is 1.89. The third-order valence-corrected chi connectivity index (χ3v) is 6.61. The topological polar surface area (TPSA) is 0 Å². The molecule has 3 rings (SSSR count). The van der Waals surface area contributed by atoms with Gasteiger partial charge in [-0.15, -0.1) is 22.7 Å². The van der Waals surface area contributed by atoms with E-state index in [0.29, 0.717) is 5.54 Å². The van der Waals surface area contributed by atoms with Gasteiger partial charge in [0.05, 0.1) is 9.52 Å². The van der Waals surface area contributed by atoms with Gasteiger partial charge in [0.2, 0.25) is 0 Å². The van der Waals surface area contributed by atoms with Crippen LogP contribution in [-0.2, 0) is 0 Å². The molecule has 0 unspecified atom stereocenters. The fourth-order valence-corrected chi connectivity index (χ4v) is 5.40. The molecule has 0 aliphatic rings. The molecule has 2 aromatic heterocycles. The van der Waals surface area contributed by atoms with Crippen LogP contribution in [0.1, 0.15) is 15.3 Å². The fraction of sp³-hybridized carbons (Fsp3) is 0.0667. The predicted octanol–water partition coefficient (Wildman–Crippen LogP) is 3.93. The van der Waals surface area contributed by atoms with Gasteiger partial charge in [0.1, 0.15) is 0 Å². The zero-order chi connectivity index (χ0) is 12.2. The number of hydrogen-bond donors (Lipinski definition) is 0. The van der Waals surface area contributed by atoms with Gasteiger partial charge in [0, 0.05) is 15.3 Å². The molecule has 0 nitrogen and oxygen atoms in total. The van der Waals surface area contributed by atoms with E-state index in [9.17, 15) is 0 Å². The van der Waals surface area contributed by atoms with E-state index < -0.39 is 0 Å². The SMILES string of the molecule is c1ccc([Si]C(c2cccs2)c2cccs2)cc1. The third-order valence-electron chi connectivity index (χ3n) is 2.74. The smallest absolute Gasteiger partial charge is 0.0970 e. The van der Waals surface area contributed by atoms with Crippen LogP contribution in [0.4, 0.5) is 0 Å². The van der Waals surface area contributed by atoms with Crippen LogP contribution < -0.4 is 5.19 Å². The molecule has 0 aliphatic carbocycles. The molecular formula is C15H12S2Si. The average molecular weight is 284 g/mol. The van der Waals surface area contributed by atoms with Crippen LogP contribution in [0.5, 0.6) is 0 Å². The maximum absolute atomic E-state index is 2.25. The molecule has 88 valence electrons. The Kier molecular flexibility index (Phi) is 3.74. The van der Waals surface area contributed by atoms with Crippen molar-refractivity contribution >= 4 is 37.4 Å². The molecule has 0 saturated heterocycles. The second kappa shape index (κ2) is 5.65. The van der Waals surface area contributed by atoms with Gasteiger partial charge in [-0.3, -0.25) is 0 Å². The van der Waals surface area contributed by atoms with Crippen LogP contribution in [0.15, 0.2) is 65.4 Å². The molecule has 2 radical (unpaired) electrons. The Morgan fingerprint density at radius 2 is 1.33 bits per heavy atom. The summed E-state index contributed by atoms with van der Waals surface area (Å²) in [6, 6.07) is 19.6. The first-order chi connectivity index (χ1) is 8.93. The first-order valence-electron chi connectivity index (χ1n) is 5.82. The Morgan fingerprint density at radius 3 is 1.83 bits per heavy atom. The van der Waals surface area contributed by atoms with Crippen molar-refractivity contribution in [3.63, 3.8) is 0 Å². The molecule has 0 saturated carbocycles. The van der Waals surface area contributed by atoms with Crippen molar-refractivity contribution in [2.24, 2.45) is 0 Å². The van der Waals surface area contributed by atoms with Crippen molar-refractivity contribution < 1.29 is 0 Å². The standard InChI is InChI=1S/C15H12S2Si/c1-2-6-12(7-3-1)18-15(13-8-4-10-16-13)14-9-5-11-17-14/h1-11,15H. The second-order valence-electron chi connectivity index (χ2n) is 3.97. The third kappa shape index (κ3) is 2.63. The van der Waals surface area contributed by atoms with E-state index in [1.54, 1.807) is 0 Å². The summed E-state index contributed by atoms with van der Waals surface area (Å²) in [6.07, 6.45) is 0. The molecule has 0 amide bonds. The molecule has 0 N–H and O–H groups in total. The molecule has 2 heterocycles. The van der Waals surface area contributed by atoms with Gasteiger partial charge in [0.15, 0.2) is 0 Å². The van der Waals surface area contributed by atoms with Crippen LogP contribution in [0, 0.1) is 0 Å². The lowest BCUT2D eigenvalue weighted by Crippen LogP contribution is -2.21. The van der Waals surface area contributed by atoms with Crippen molar-refractivity contribution in [2.45, 2.75) is 5.54 Å². The van der Waals surface area contributed by atoms with Crippen molar-refractivity contribution in [3.8, 4) is 0 Å². The summed E-state index contributed by atoms with van der Waals surface area (Å²) in [4.78, 5) is 2.94. The highest BCUT2D eigenvalue weighted by atomic mass is 32.1. The molecule has 3 aromatic rings. The maximum atomic E-state index is 2.25. The summed E-state index contributed by atoms with van der Waals surface area (Å²) in [5.74, 6) is 0. The molecule has 0 spiro atoms. The summed E-state index contributed by atoms with van der Waals surface area (Å²) in [6.45, 7) is 0. The number of rotatable bonds is 4. The monoisotopic (exact) mass is 284 g/mol. The lowest BCUT2D eigenvalue weighted by molar-refractivity contribution is 1.22. The molecule has 18 heavy (non-hydrogen) atoms. The highest BCUT2D eigenvalue weighted by Crippen LogP contribution is 2.30. The lowest BCUT2D eigenvalue weighted by atomic mass is 10.3. The summed E-state index contributed by atoms with van der Waals surface area (Å²) < 4.78 is 0. The first kappa shape index (κ1) is 11.9. The van der Waals surface area contributed by atoms with Crippen molar-refractivity contribution in [2.75, 3.05) is 0 Å². The quantitative estimate of drug-likeness (QED) is 0.637. The Bertz CT molecular complexity index is 536. The van der Waals surface area contributed by atoms with Crippen LogP contribution in [0.2, 0.25) is 0 Å². The minimum atomic E-state index is 0.535. The van der Waals surface area contributed by atoms with Gasteiger partial charge in [-0.25, -0.2) is 0 Å². The summed E-state index contributed by atoms with van der Waals surface area (Å²) >= 11 is 3.72. The minimum Gasteiger partial charge on any atom is -0.149 e. The normalized spacial score (nSPS) is 10.9. The van der Waals surface area contributed by atoms with E-state index in [1.807, 2.05) is 22.7 Å². The van der Waals surface area contributed by atoms with Gasteiger partial charge in [0.25, 0.3) is 0 Å². The zero-order valence-corrected chi connectivity index (χ0v) is 12.4. The highest BCUT2D eigenvalue weighted by molar-refractivity contribution is 7.12. The second-order valence-corrected chi connectivity index (χ2v) is 7.38. The first-order valence-corrected chi connectivity index (χ1v) is 8.65. The van der Waals surface area contributed by atoms with Crippen LogP contribution in [-0.4, -0.2) is 9.52 Å². The molecular weight excluding hydrogens is 272 g/mol. The number of thiophene rings is 2. The van der Waals surface area contributed by atoms with Crippen LogP contribution in [0.25, 0.3) is 0 Å². The van der Waals surface area contributed by atoms with E-state index in [0.717, 1.165) is 9.52 Å². The Balaban J connectivity index is 1.92. The Labute approximate surface area is 118 Å². The van der Waals surface area contributed by atoms with E-state index in [-0.39, 0.29) is 0 Å². The van der Waals surface area contributed by atoms with E-state index in [1.165, 1.54) is 14.9 Å². The van der Waals surface area contributed by atoms with Crippen LogP contribution >= 0.6 is 22.7 Å². The lowest BCUT2D eigenvalue weighted by Gasteiger charge is -2.12. The van der Waals surface area contributed by atoms with Gasteiger partial charge >= 0.3 is 0 Å². The zero-order valence-electron chi connectivity index (χ0n) is 9.74. The minimum absolute atomic E-state index is 0.535. The van der Waals surface area contributed by atoms with Gasteiger partial charge in [-0.2, -0.15) is 0 Å². The van der Waals surface area contributed by atoms with E-state index in [2.05, 4.69) is 65.4 Å². The average Bonchev–Trinajstić information content (AvgIpc) is 3.11.